The summed E-state index contributed by atoms with van der Waals surface area (Å²) in [5, 5.41) is 16.3. The summed E-state index contributed by atoms with van der Waals surface area (Å²) < 4.78 is 10.8. The molecule has 5 rings (SSSR count). The van der Waals surface area contributed by atoms with E-state index in [-0.39, 0.29) is 24.8 Å². The summed E-state index contributed by atoms with van der Waals surface area (Å²) in [5.41, 5.74) is 3.09. The zero-order valence-electron chi connectivity index (χ0n) is 21.8. The van der Waals surface area contributed by atoms with Crippen molar-refractivity contribution >= 4 is 40.1 Å². The second kappa shape index (κ2) is 11.2. The average molecular weight is 560 g/mol. The molecule has 0 saturated heterocycles. The van der Waals surface area contributed by atoms with Gasteiger partial charge >= 0.3 is 5.97 Å². The van der Waals surface area contributed by atoms with E-state index in [1.54, 1.807) is 36.4 Å². The fourth-order valence-corrected chi connectivity index (χ4v) is 5.16. The second-order valence-electron chi connectivity index (χ2n) is 9.27. The van der Waals surface area contributed by atoms with Crippen molar-refractivity contribution in [2.24, 2.45) is 5.10 Å². The molecule has 0 saturated carbocycles. The van der Waals surface area contributed by atoms with Crippen molar-refractivity contribution < 1.29 is 24.2 Å². The van der Waals surface area contributed by atoms with Crippen molar-refractivity contribution in [1.29, 1.82) is 0 Å². The van der Waals surface area contributed by atoms with E-state index in [4.69, 9.17) is 21.1 Å². The highest BCUT2D eigenvalue weighted by Crippen LogP contribution is 2.40. The summed E-state index contributed by atoms with van der Waals surface area (Å²) in [6.45, 7) is 0. The molecule has 1 amide bonds. The molecule has 1 aliphatic rings. The minimum absolute atomic E-state index is 0.212. The highest BCUT2D eigenvalue weighted by Gasteiger charge is 2.36. The Morgan fingerprint density at radius 3 is 2.45 bits per heavy atom. The molecule has 1 aromatic heterocycles. The van der Waals surface area contributed by atoms with Gasteiger partial charge < -0.3 is 19.6 Å². The number of rotatable bonds is 8. The topological polar surface area (TPSA) is 121 Å². The number of carboxylic acids is 1. The Balaban J connectivity index is 1.69. The standard InChI is InChI=1S/C30H26ClN3O6/c1-39-24-11-8-18(14-25(24)40-2)23-16-22(33-34(23)26(35)12-13-27(36)37)29-28(17-6-4-3-5-7-17)20-15-19(31)9-10-21(20)32-30(29)38/h3-11,14-15,23H,12-13,16H2,1-2H3,(H,32,38)(H,36,37)/t23-/m1/s1. The van der Waals surface area contributed by atoms with E-state index in [1.165, 1.54) is 19.2 Å². The van der Waals surface area contributed by atoms with Gasteiger partial charge in [-0.05, 0) is 41.5 Å². The van der Waals surface area contributed by atoms with E-state index in [0.29, 0.717) is 44.4 Å². The van der Waals surface area contributed by atoms with E-state index in [0.717, 1.165) is 10.9 Å². The highest BCUT2D eigenvalue weighted by atomic mass is 35.5. The van der Waals surface area contributed by atoms with Crippen LogP contribution in [0.15, 0.2) is 76.6 Å². The summed E-state index contributed by atoms with van der Waals surface area (Å²) in [6.07, 6.45) is -0.377. The SMILES string of the molecule is COc1ccc([C@H]2CC(c3c(-c4ccccc4)c4cc(Cl)ccc4[nH]c3=O)=NN2C(=O)CCC(=O)O)cc1OC. The third-order valence-corrected chi connectivity index (χ3v) is 7.07. The van der Waals surface area contributed by atoms with Gasteiger partial charge in [-0.1, -0.05) is 48.0 Å². The Bertz CT molecular complexity index is 1700. The van der Waals surface area contributed by atoms with Crippen molar-refractivity contribution in [3.63, 3.8) is 0 Å². The van der Waals surface area contributed by atoms with Crippen LogP contribution in [0.25, 0.3) is 22.0 Å². The van der Waals surface area contributed by atoms with Crippen LogP contribution < -0.4 is 15.0 Å². The number of hydrogen-bond acceptors (Lipinski definition) is 6. The first kappa shape index (κ1) is 27.0. The number of H-pyrrole nitrogens is 1. The van der Waals surface area contributed by atoms with Gasteiger partial charge in [0.05, 0.1) is 38.0 Å². The summed E-state index contributed by atoms with van der Waals surface area (Å²) in [4.78, 5) is 41.1. The molecule has 1 atom stereocenters. The van der Waals surface area contributed by atoms with Gasteiger partial charge in [0.1, 0.15) is 0 Å². The van der Waals surface area contributed by atoms with E-state index in [1.807, 2.05) is 30.3 Å². The van der Waals surface area contributed by atoms with E-state index in [9.17, 15) is 19.5 Å². The summed E-state index contributed by atoms with van der Waals surface area (Å²) >= 11 is 6.37. The smallest absolute Gasteiger partial charge is 0.303 e. The normalized spacial score (nSPS) is 14.7. The molecule has 0 spiro atoms. The number of amides is 1. The van der Waals surface area contributed by atoms with Gasteiger partial charge in [-0.25, -0.2) is 5.01 Å². The molecule has 9 nitrogen and oxygen atoms in total. The van der Waals surface area contributed by atoms with Crippen molar-refractivity contribution in [2.45, 2.75) is 25.3 Å². The van der Waals surface area contributed by atoms with Crippen LogP contribution in [0.3, 0.4) is 0 Å². The molecule has 0 unspecified atom stereocenters. The lowest BCUT2D eigenvalue weighted by Crippen LogP contribution is -2.27. The van der Waals surface area contributed by atoms with Crippen molar-refractivity contribution in [3.05, 3.63) is 93.2 Å². The number of hydrogen-bond donors (Lipinski definition) is 2. The molecule has 0 radical (unpaired) electrons. The van der Waals surface area contributed by atoms with Crippen LogP contribution in [-0.2, 0) is 9.59 Å². The number of benzene rings is 3. The monoisotopic (exact) mass is 559 g/mol. The predicted octanol–water partition coefficient (Wildman–Crippen LogP) is 5.41. The Kier molecular flexibility index (Phi) is 7.57. The lowest BCUT2D eigenvalue weighted by molar-refractivity contribution is -0.141. The quantitative estimate of drug-likeness (QED) is 0.298. The number of nitrogens with one attached hydrogen (secondary N) is 1. The number of hydrazone groups is 1. The number of fused-ring (bicyclic) bond motifs is 1. The minimum atomic E-state index is -1.09. The number of aromatic amines is 1. The Hall–Kier alpha value is -4.63. The lowest BCUT2D eigenvalue weighted by Gasteiger charge is -2.22. The third kappa shape index (κ3) is 5.15. The Labute approximate surface area is 234 Å². The number of pyridine rings is 1. The van der Waals surface area contributed by atoms with Crippen LogP contribution in [0.1, 0.15) is 36.4 Å². The van der Waals surface area contributed by atoms with Crippen molar-refractivity contribution in [3.8, 4) is 22.6 Å². The van der Waals surface area contributed by atoms with Gasteiger partial charge in [-0.15, -0.1) is 0 Å². The Morgan fingerprint density at radius 1 is 1.00 bits per heavy atom. The molecule has 4 aromatic rings. The molecule has 0 fully saturated rings. The van der Waals surface area contributed by atoms with E-state index in [2.05, 4.69) is 10.1 Å². The van der Waals surface area contributed by atoms with Gasteiger partial charge in [0.15, 0.2) is 11.5 Å². The molecule has 3 aromatic carbocycles. The first-order valence-corrected chi connectivity index (χ1v) is 12.9. The molecule has 1 aliphatic heterocycles. The number of aromatic nitrogens is 1. The number of halogens is 1. The highest BCUT2D eigenvalue weighted by molar-refractivity contribution is 6.31. The summed E-state index contributed by atoms with van der Waals surface area (Å²) in [5.74, 6) is -0.578. The predicted molar refractivity (Wildman–Crippen MR) is 152 cm³/mol. The molecule has 2 heterocycles. The molecular formula is C30H26ClN3O6. The zero-order valence-corrected chi connectivity index (χ0v) is 22.6. The van der Waals surface area contributed by atoms with E-state index < -0.39 is 17.9 Å². The van der Waals surface area contributed by atoms with Crippen LogP contribution in [0, 0.1) is 0 Å². The first-order valence-electron chi connectivity index (χ1n) is 12.5. The number of ether oxygens (including phenoxy) is 2. The summed E-state index contributed by atoms with van der Waals surface area (Å²) in [6, 6.07) is 19.4. The molecule has 204 valence electrons. The van der Waals surface area contributed by atoms with Crippen molar-refractivity contribution in [2.75, 3.05) is 14.2 Å². The number of carbonyl (C=O) groups excluding carboxylic acids is 1. The van der Waals surface area contributed by atoms with Gasteiger partial charge in [-0.2, -0.15) is 5.10 Å². The molecular weight excluding hydrogens is 534 g/mol. The van der Waals surface area contributed by atoms with Crippen LogP contribution in [0.4, 0.5) is 0 Å². The van der Waals surface area contributed by atoms with Gasteiger partial charge in [0, 0.05) is 34.3 Å². The zero-order chi connectivity index (χ0) is 28.4. The maximum atomic E-state index is 13.6. The van der Waals surface area contributed by atoms with Crippen LogP contribution in [0.2, 0.25) is 5.02 Å². The maximum Gasteiger partial charge on any atom is 0.303 e. The van der Waals surface area contributed by atoms with Crippen LogP contribution in [0.5, 0.6) is 11.5 Å². The van der Waals surface area contributed by atoms with Gasteiger partial charge in [0.2, 0.25) is 5.91 Å². The number of nitrogens with zero attached hydrogens (tertiary/aromatic N) is 2. The molecule has 0 aliphatic carbocycles. The molecule has 0 bridgehead atoms. The summed E-state index contributed by atoms with van der Waals surface area (Å²) in [7, 11) is 3.04. The fraction of sp³-hybridized carbons (Fsp3) is 0.200. The number of methoxy groups -OCH3 is 2. The number of carboxylic acid groups (broad SMARTS) is 1. The van der Waals surface area contributed by atoms with Crippen LogP contribution >= 0.6 is 11.6 Å². The third-order valence-electron chi connectivity index (χ3n) is 6.84. The second-order valence-corrected chi connectivity index (χ2v) is 9.71. The first-order chi connectivity index (χ1) is 19.3. The van der Waals surface area contributed by atoms with Crippen molar-refractivity contribution in [1.82, 2.24) is 9.99 Å². The van der Waals surface area contributed by atoms with Gasteiger partial charge in [-0.3, -0.25) is 14.4 Å². The minimum Gasteiger partial charge on any atom is -0.493 e. The molecule has 40 heavy (non-hydrogen) atoms. The molecule has 2 N–H and O–H groups in total. The molecule has 10 heteroatoms. The average Bonchev–Trinajstić information content (AvgIpc) is 3.40. The largest absolute Gasteiger partial charge is 0.493 e. The van der Waals surface area contributed by atoms with E-state index >= 15 is 0 Å². The lowest BCUT2D eigenvalue weighted by atomic mass is 9.91. The van der Waals surface area contributed by atoms with Crippen LogP contribution in [-0.4, -0.2) is 46.9 Å². The fourth-order valence-electron chi connectivity index (χ4n) is 4.98. The Morgan fingerprint density at radius 2 is 1.75 bits per heavy atom. The van der Waals surface area contributed by atoms with Gasteiger partial charge in [0.25, 0.3) is 5.56 Å². The number of carbonyl (C=O) groups is 2. The maximum absolute atomic E-state index is 13.6. The number of aliphatic carboxylic acids is 1.